The topological polar surface area (TPSA) is 73.1 Å². The Bertz CT molecular complexity index is 907. The molecule has 3 rings (SSSR count). The Morgan fingerprint density at radius 1 is 1.21 bits per heavy atom. The quantitative estimate of drug-likeness (QED) is 0.718. The van der Waals surface area contributed by atoms with E-state index < -0.39 is 23.3 Å². The van der Waals surface area contributed by atoms with Crippen LogP contribution in [-0.2, 0) is 10.2 Å². The van der Waals surface area contributed by atoms with Crippen molar-refractivity contribution in [3.63, 3.8) is 0 Å². The van der Waals surface area contributed by atoms with Crippen LogP contribution in [0.1, 0.15) is 37.3 Å². The Balaban J connectivity index is 2.27. The highest BCUT2D eigenvalue weighted by molar-refractivity contribution is 6.30. The number of carboxylic acids is 1. The lowest BCUT2D eigenvalue weighted by atomic mass is 9.64. The Kier molecular flexibility index (Phi) is 6.00. The van der Waals surface area contributed by atoms with Gasteiger partial charge in [-0.3, -0.25) is 10.1 Å². The van der Waals surface area contributed by atoms with Crippen molar-refractivity contribution in [3.8, 4) is 6.07 Å². The van der Waals surface area contributed by atoms with Crippen molar-refractivity contribution in [1.82, 2.24) is 5.32 Å². The molecule has 28 heavy (non-hydrogen) atoms. The second-order valence-corrected chi connectivity index (χ2v) is 8.56. The number of rotatable bonds is 5. The van der Waals surface area contributed by atoms with Crippen LogP contribution in [0, 0.1) is 17.2 Å². The minimum atomic E-state index is -1.07. The van der Waals surface area contributed by atoms with E-state index in [-0.39, 0.29) is 12.0 Å². The molecule has 2 N–H and O–H groups in total. The van der Waals surface area contributed by atoms with Crippen molar-refractivity contribution in [2.45, 2.75) is 43.7 Å². The lowest BCUT2D eigenvalue weighted by Gasteiger charge is -2.35. The Hall–Kier alpha value is -2.06. The summed E-state index contributed by atoms with van der Waals surface area (Å²) in [4.78, 5) is 12.2. The number of hydrogen-bond donors (Lipinski definition) is 2. The van der Waals surface area contributed by atoms with Gasteiger partial charge in [-0.15, -0.1) is 0 Å². The summed E-state index contributed by atoms with van der Waals surface area (Å²) >= 11 is 12.3. The van der Waals surface area contributed by atoms with Gasteiger partial charge in [-0.25, -0.2) is 0 Å². The van der Waals surface area contributed by atoms with Gasteiger partial charge < -0.3 is 5.11 Å². The fourth-order valence-corrected chi connectivity index (χ4v) is 4.66. The lowest BCUT2D eigenvalue weighted by molar-refractivity contribution is -0.139. The Morgan fingerprint density at radius 2 is 1.89 bits per heavy atom. The Morgan fingerprint density at radius 3 is 2.43 bits per heavy atom. The highest BCUT2D eigenvalue weighted by Crippen LogP contribution is 2.50. The molecule has 1 fully saturated rings. The van der Waals surface area contributed by atoms with Crippen LogP contribution in [0.2, 0.25) is 10.0 Å². The molecule has 0 aromatic heterocycles. The van der Waals surface area contributed by atoms with E-state index in [0.717, 1.165) is 11.1 Å². The van der Waals surface area contributed by atoms with Crippen molar-refractivity contribution in [1.29, 1.82) is 5.26 Å². The van der Waals surface area contributed by atoms with Crippen LogP contribution >= 0.6 is 23.2 Å². The van der Waals surface area contributed by atoms with E-state index >= 15 is 0 Å². The lowest BCUT2D eigenvalue weighted by Crippen LogP contribution is -2.42. The maximum atomic E-state index is 12.2. The average molecular weight is 417 g/mol. The number of carbonyl (C=O) groups is 1. The first kappa shape index (κ1) is 20.7. The van der Waals surface area contributed by atoms with Gasteiger partial charge in [0.15, 0.2) is 0 Å². The van der Waals surface area contributed by atoms with Gasteiger partial charge in [0, 0.05) is 22.0 Å². The van der Waals surface area contributed by atoms with Crippen molar-refractivity contribution in [3.05, 3.63) is 69.7 Å². The first-order valence-electron chi connectivity index (χ1n) is 9.21. The van der Waals surface area contributed by atoms with E-state index in [4.69, 9.17) is 23.2 Å². The number of nitrogens with zero attached hydrogens (tertiary/aromatic N) is 1. The van der Waals surface area contributed by atoms with Gasteiger partial charge in [-0.05, 0) is 47.7 Å². The van der Waals surface area contributed by atoms with Crippen molar-refractivity contribution in [2.75, 3.05) is 0 Å². The van der Waals surface area contributed by atoms with Gasteiger partial charge >= 0.3 is 5.97 Å². The molecule has 146 valence electrons. The molecule has 1 aliphatic rings. The minimum Gasteiger partial charge on any atom is -0.480 e. The second-order valence-electron chi connectivity index (χ2n) is 7.69. The highest BCUT2D eigenvalue weighted by atomic mass is 35.5. The van der Waals surface area contributed by atoms with Gasteiger partial charge in [0.1, 0.15) is 11.5 Å². The largest absolute Gasteiger partial charge is 0.480 e. The summed E-state index contributed by atoms with van der Waals surface area (Å²) in [5.74, 6) is -1.30. The molecule has 4 atom stereocenters. The molecule has 1 heterocycles. The van der Waals surface area contributed by atoms with Gasteiger partial charge in [0.25, 0.3) is 0 Å². The molecule has 1 saturated heterocycles. The number of nitrogens with one attached hydrogen (secondary N) is 1. The standard InChI is InChI=1S/C22H22Cl2N2O2/c1-13(2)10-18-22(12-25,15-6-8-16(23)9-7-15)19(20(26-18)21(27)28)14-4-3-5-17(24)11-14/h3-9,11,13,18-20,26H,10H2,1-2H3,(H,27,28)/t18-,19+,20-,22+/m1/s1. The molecule has 4 nitrogen and oxygen atoms in total. The van der Waals surface area contributed by atoms with E-state index in [1.807, 2.05) is 18.2 Å². The van der Waals surface area contributed by atoms with Crippen LogP contribution in [0.5, 0.6) is 0 Å². The fraction of sp³-hybridized carbons (Fsp3) is 0.364. The van der Waals surface area contributed by atoms with Gasteiger partial charge in [0.05, 0.1) is 6.07 Å². The number of benzene rings is 2. The predicted octanol–water partition coefficient (Wildman–Crippen LogP) is 5.01. The van der Waals surface area contributed by atoms with E-state index in [1.54, 1.807) is 30.3 Å². The second kappa shape index (κ2) is 8.13. The maximum absolute atomic E-state index is 12.2. The normalized spacial score (nSPS) is 26.9. The number of carboxylic acid groups (broad SMARTS) is 1. The molecule has 0 saturated carbocycles. The summed E-state index contributed by atoms with van der Waals surface area (Å²) in [6, 6.07) is 15.5. The molecule has 1 aliphatic heterocycles. The van der Waals surface area contributed by atoms with E-state index in [9.17, 15) is 15.2 Å². The van der Waals surface area contributed by atoms with E-state index in [0.29, 0.717) is 16.5 Å². The van der Waals surface area contributed by atoms with Crippen molar-refractivity contribution < 1.29 is 9.90 Å². The summed E-state index contributed by atoms with van der Waals surface area (Å²) in [6.45, 7) is 4.13. The monoisotopic (exact) mass is 416 g/mol. The molecule has 0 amide bonds. The third-order valence-corrected chi connectivity index (χ3v) is 5.93. The Labute approximate surface area is 175 Å². The van der Waals surface area contributed by atoms with Crippen LogP contribution in [0.3, 0.4) is 0 Å². The fourth-order valence-electron chi connectivity index (χ4n) is 4.34. The summed E-state index contributed by atoms with van der Waals surface area (Å²) in [7, 11) is 0. The molecule has 0 aliphatic carbocycles. The number of halogens is 2. The van der Waals surface area contributed by atoms with Crippen LogP contribution in [0.15, 0.2) is 48.5 Å². The van der Waals surface area contributed by atoms with Crippen LogP contribution in [-0.4, -0.2) is 23.2 Å². The summed E-state index contributed by atoms with van der Waals surface area (Å²) in [5.41, 5.74) is 0.421. The summed E-state index contributed by atoms with van der Waals surface area (Å²) in [6.07, 6.45) is 0.664. The molecule has 0 unspecified atom stereocenters. The van der Waals surface area contributed by atoms with Crippen LogP contribution < -0.4 is 5.32 Å². The predicted molar refractivity (Wildman–Crippen MR) is 111 cm³/mol. The molecular formula is C22H22Cl2N2O2. The molecule has 6 heteroatoms. The van der Waals surface area contributed by atoms with Crippen LogP contribution in [0.25, 0.3) is 0 Å². The third kappa shape index (κ3) is 3.63. The van der Waals surface area contributed by atoms with E-state index in [1.165, 1.54) is 0 Å². The van der Waals surface area contributed by atoms with Crippen molar-refractivity contribution in [2.24, 2.45) is 5.92 Å². The zero-order chi connectivity index (χ0) is 20.5. The first-order valence-corrected chi connectivity index (χ1v) is 9.96. The molecule has 0 spiro atoms. The molecular weight excluding hydrogens is 395 g/mol. The molecule has 0 radical (unpaired) electrons. The number of aliphatic carboxylic acids is 1. The van der Waals surface area contributed by atoms with Crippen LogP contribution in [0.4, 0.5) is 0 Å². The maximum Gasteiger partial charge on any atom is 0.321 e. The molecule has 0 bridgehead atoms. The van der Waals surface area contributed by atoms with E-state index in [2.05, 4.69) is 25.2 Å². The average Bonchev–Trinajstić information content (AvgIpc) is 2.97. The zero-order valence-corrected chi connectivity index (χ0v) is 17.2. The summed E-state index contributed by atoms with van der Waals surface area (Å²) < 4.78 is 0. The first-order chi connectivity index (χ1) is 13.3. The van der Waals surface area contributed by atoms with Gasteiger partial charge in [-0.1, -0.05) is 61.3 Å². The SMILES string of the molecule is CC(C)C[C@H]1N[C@@H](C(=O)O)[C@H](c2cccc(Cl)c2)[C@@]1(C#N)c1ccc(Cl)cc1. The van der Waals surface area contributed by atoms with Gasteiger partial charge in [-0.2, -0.15) is 5.26 Å². The number of nitriles is 1. The van der Waals surface area contributed by atoms with Gasteiger partial charge in [0.2, 0.25) is 0 Å². The third-order valence-electron chi connectivity index (χ3n) is 5.44. The molecule has 2 aromatic rings. The highest BCUT2D eigenvalue weighted by Gasteiger charge is 2.59. The van der Waals surface area contributed by atoms with Crippen molar-refractivity contribution >= 4 is 29.2 Å². The zero-order valence-electron chi connectivity index (χ0n) is 15.7. The number of hydrogen-bond acceptors (Lipinski definition) is 3. The smallest absolute Gasteiger partial charge is 0.321 e. The molecule has 2 aromatic carbocycles. The minimum absolute atomic E-state index is 0.282. The summed E-state index contributed by atoms with van der Waals surface area (Å²) in [5, 5.41) is 24.8.